The molecule has 0 bridgehead atoms. The highest BCUT2D eigenvalue weighted by molar-refractivity contribution is 5.78. The first-order chi connectivity index (χ1) is 17.9. The van der Waals surface area contributed by atoms with Gasteiger partial charge in [0, 0.05) is 26.1 Å². The summed E-state index contributed by atoms with van der Waals surface area (Å²) >= 11 is 0. The maximum absolute atomic E-state index is 13.2. The summed E-state index contributed by atoms with van der Waals surface area (Å²) in [6.07, 6.45) is 2.26. The first-order valence-corrected chi connectivity index (χ1v) is 12.8. The number of rotatable bonds is 11. The Morgan fingerprint density at radius 1 is 1.05 bits per heavy atom. The third-order valence-electron chi connectivity index (χ3n) is 7.16. The Labute approximate surface area is 217 Å². The fraction of sp³-hybridized carbons (Fsp3) is 0.500. The van der Waals surface area contributed by atoms with Gasteiger partial charge in [-0.2, -0.15) is 0 Å². The summed E-state index contributed by atoms with van der Waals surface area (Å²) in [7, 11) is 3.42. The summed E-state index contributed by atoms with van der Waals surface area (Å²) in [6.45, 7) is 3.61. The zero-order chi connectivity index (χ0) is 26.4. The van der Waals surface area contributed by atoms with Gasteiger partial charge in [0.2, 0.25) is 12.7 Å². The van der Waals surface area contributed by atoms with Crippen LogP contribution in [0.2, 0.25) is 0 Å². The normalized spacial score (nSPS) is 20.6. The van der Waals surface area contributed by atoms with Crippen LogP contribution in [-0.2, 0) is 9.53 Å². The number of likely N-dealkylation sites (N-methyl/N-ethyl adjacent to an activating group) is 1. The second-order valence-corrected chi connectivity index (χ2v) is 9.59. The second-order valence-electron chi connectivity index (χ2n) is 9.59. The quantitative estimate of drug-likeness (QED) is 0.343. The van der Waals surface area contributed by atoms with Crippen molar-refractivity contribution in [2.24, 2.45) is 0 Å². The summed E-state index contributed by atoms with van der Waals surface area (Å²) < 4.78 is 21.8. The van der Waals surface area contributed by atoms with Gasteiger partial charge in [-0.05, 0) is 41.8 Å². The van der Waals surface area contributed by atoms with Gasteiger partial charge in [0.1, 0.15) is 11.9 Å². The summed E-state index contributed by atoms with van der Waals surface area (Å²) in [5.74, 6) is 1.66. The van der Waals surface area contributed by atoms with E-state index in [1.807, 2.05) is 54.4 Å². The molecule has 3 atom stereocenters. The van der Waals surface area contributed by atoms with Crippen molar-refractivity contribution in [1.29, 1.82) is 0 Å². The van der Waals surface area contributed by atoms with E-state index >= 15 is 0 Å². The molecule has 1 amide bonds. The number of ether oxygens (including phenoxy) is 4. The average Bonchev–Trinajstić information content (AvgIpc) is 3.50. The topological polar surface area (TPSA) is 97.8 Å². The maximum Gasteiger partial charge on any atom is 0.506 e. The minimum absolute atomic E-state index is 0.00424. The molecule has 0 radical (unpaired) electrons. The number of fused-ring (bicyclic) bond motifs is 1. The zero-order valence-corrected chi connectivity index (χ0v) is 21.7. The lowest BCUT2D eigenvalue weighted by Gasteiger charge is -2.29. The van der Waals surface area contributed by atoms with Crippen molar-refractivity contribution in [1.82, 2.24) is 9.80 Å². The highest BCUT2D eigenvalue weighted by Crippen LogP contribution is 2.45. The number of amides is 1. The van der Waals surface area contributed by atoms with Crippen LogP contribution >= 0.6 is 0 Å². The molecule has 0 unspecified atom stereocenters. The summed E-state index contributed by atoms with van der Waals surface area (Å²) in [4.78, 5) is 28.8. The smallest absolute Gasteiger partial charge is 0.497 e. The molecule has 9 nitrogen and oxygen atoms in total. The molecule has 2 aromatic rings. The van der Waals surface area contributed by atoms with Gasteiger partial charge in [-0.25, -0.2) is 4.79 Å². The second kappa shape index (κ2) is 12.2. The van der Waals surface area contributed by atoms with Gasteiger partial charge in [0.15, 0.2) is 11.5 Å². The number of carbonyl (C=O) groups is 2. The predicted octanol–water partition coefficient (Wildman–Crippen LogP) is 4.67. The monoisotopic (exact) mass is 512 g/mol. The zero-order valence-electron chi connectivity index (χ0n) is 21.7. The molecule has 37 heavy (non-hydrogen) atoms. The Morgan fingerprint density at radius 3 is 2.49 bits per heavy atom. The van der Waals surface area contributed by atoms with E-state index in [2.05, 4.69) is 6.92 Å². The minimum atomic E-state index is -1.35. The van der Waals surface area contributed by atoms with Crippen LogP contribution in [0.1, 0.15) is 55.7 Å². The standard InChI is InChI=1S/C28H36N2O7/c1-4-5-6-7-14-29(2)25(31)17-30-16-22(20-10-13-23-24(15-20)36-18-35-23)27(37-28(32)33)26(30)19-8-11-21(34-3)12-9-19/h8-13,15,22,26-27H,4-7,14,16-18H2,1-3H3,(H,32,33)/t22-,26-,27+/m1/s1. The van der Waals surface area contributed by atoms with Crippen LogP contribution in [0.3, 0.4) is 0 Å². The van der Waals surface area contributed by atoms with Crippen LogP contribution in [0, 0.1) is 0 Å². The number of likely N-dealkylation sites (tertiary alicyclic amines) is 1. The van der Waals surface area contributed by atoms with Crippen LogP contribution < -0.4 is 14.2 Å². The number of carboxylic acid groups (broad SMARTS) is 1. The molecule has 200 valence electrons. The van der Waals surface area contributed by atoms with Crippen molar-refractivity contribution in [3.63, 3.8) is 0 Å². The van der Waals surface area contributed by atoms with E-state index in [1.165, 1.54) is 0 Å². The molecule has 0 spiro atoms. The van der Waals surface area contributed by atoms with Crippen molar-refractivity contribution < 1.29 is 33.6 Å². The maximum atomic E-state index is 13.2. The van der Waals surface area contributed by atoms with Crippen molar-refractivity contribution in [3.05, 3.63) is 53.6 Å². The van der Waals surface area contributed by atoms with Gasteiger partial charge in [-0.1, -0.05) is 44.4 Å². The SMILES string of the molecule is CCCCCCN(C)C(=O)CN1C[C@H](c2ccc3c(c2)OCO3)[C@H](OC(=O)O)[C@H]1c1ccc(OC)cc1. The van der Waals surface area contributed by atoms with E-state index in [4.69, 9.17) is 18.9 Å². The molecule has 2 aromatic carbocycles. The largest absolute Gasteiger partial charge is 0.506 e. The van der Waals surface area contributed by atoms with Crippen LogP contribution in [0.5, 0.6) is 17.2 Å². The van der Waals surface area contributed by atoms with Crippen molar-refractivity contribution >= 4 is 12.1 Å². The number of hydrogen-bond donors (Lipinski definition) is 1. The highest BCUT2D eigenvalue weighted by atomic mass is 16.7. The number of carbonyl (C=O) groups excluding carboxylic acids is 1. The van der Waals surface area contributed by atoms with Gasteiger partial charge in [0.05, 0.1) is 19.7 Å². The molecule has 1 fully saturated rings. The Kier molecular flexibility index (Phi) is 8.76. The molecule has 4 rings (SSSR count). The molecule has 2 aliphatic rings. The van der Waals surface area contributed by atoms with Crippen molar-refractivity contribution in [2.75, 3.05) is 40.6 Å². The molecule has 0 saturated carbocycles. The van der Waals surface area contributed by atoms with Gasteiger partial charge >= 0.3 is 6.16 Å². The van der Waals surface area contributed by atoms with Crippen LogP contribution in [0.15, 0.2) is 42.5 Å². The molecule has 2 heterocycles. The lowest BCUT2D eigenvalue weighted by molar-refractivity contribution is -0.131. The van der Waals surface area contributed by atoms with Gasteiger partial charge in [-0.15, -0.1) is 0 Å². The average molecular weight is 513 g/mol. The van der Waals surface area contributed by atoms with Crippen LogP contribution in [-0.4, -0.2) is 73.7 Å². The molecular weight excluding hydrogens is 476 g/mol. The molecule has 1 N–H and O–H groups in total. The number of methoxy groups -OCH3 is 1. The van der Waals surface area contributed by atoms with Crippen molar-refractivity contribution in [3.8, 4) is 17.2 Å². The van der Waals surface area contributed by atoms with Gasteiger partial charge in [0.25, 0.3) is 0 Å². The Morgan fingerprint density at radius 2 is 1.78 bits per heavy atom. The van der Waals surface area contributed by atoms with Crippen LogP contribution in [0.25, 0.3) is 0 Å². The number of benzene rings is 2. The van der Waals surface area contributed by atoms with E-state index in [1.54, 1.807) is 12.0 Å². The summed E-state index contributed by atoms with van der Waals surface area (Å²) in [5.41, 5.74) is 1.73. The van der Waals surface area contributed by atoms with Gasteiger partial charge in [-0.3, -0.25) is 9.69 Å². The number of unbranched alkanes of at least 4 members (excludes halogenated alkanes) is 3. The third kappa shape index (κ3) is 6.28. The Hall–Kier alpha value is -3.46. The van der Waals surface area contributed by atoms with E-state index in [9.17, 15) is 14.7 Å². The van der Waals surface area contributed by atoms with Gasteiger partial charge < -0.3 is 29.0 Å². The molecule has 9 heteroatoms. The van der Waals surface area contributed by atoms with Crippen molar-refractivity contribution in [2.45, 2.75) is 50.7 Å². The minimum Gasteiger partial charge on any atom is -0.497 e. The molecule has 0 aliphatic carbocycles. The van der Waals surface area contributed by atoms with Crippen LogP contribution in [0.4, 0.5) is 4.79 Å². The molecule has 2 aliphatic heterocycles. The first-order valence-electron chi connectivity index (χ1n) is 12.8. The Balaban J connectivity index is 1.62. The fourth-order valence-corrected chi connectivity index (χ4v) is 5.16. The summed E-state index contributed by atoms with van der Waals surface area (Å²) in [6, 6.07) is 12.6. The van der Waals surface area contributed by atoms with E-state index in [-0.39, 0.29) is 25.2 Å². The van der Waals surface area contributed by atoms with E-state index in [0.717, 1.165) is 36.8 Å². The van der Waals surface area contributed by atoms with E-state index in [0.29, 0.717) is 30.3 Å². The predicted molar refractivity (Wildman–Crippen MR) is 137 cm³/mol. The number of hydrogen-bond acceptors (Lipinski definition) is 7. The highest BCUT2D eigenvalue weighted by Gasteiger charge is 2.47. The molecule has 0 aromatic heterocycles. The fourth-order valence-electron chi connectivity index (χ4n) is 5.16. The molecular formula is C28H36N2O7. The first kappa shape index (κ1) is 26.6. The number of nitrogens with zero attached hydrogens (tertiary/aromatic N) is 2. The van der Waals surface area contributed by atoms with E-state index < -0.39 is 18.3 Å². The Bertz CT molecular complexity index is 1070. The third-order valence-corrected chi connectivity index (χ3v) is 7.16. The molecule has 1 saturated heterocycles. The lowest BCUT2D eigenvalue weighted by Crippen LogP contribution is -2.40. The summed E-state index contributed by atoms with van der Waals surface area (Å²) in [5, 5.41) is 9.66. The lowest BCUT2D eigenvalue weighted by atomic mass is 9.90.